The summed E-state index contributed by atoms with van der Waals surface area (Å²) in [4.78, 5) is 36.3. The molecule has 0 atom stereocenters. The molecule has 0 unspecified atom stereocenters. The Kier molecular flexibility index (Phi) is 4.25. The van der Waals surface area contributed by atoms with E-state index >= 15 is 0 Å². The molecule has 1 fully saturated rings. The van der Waals surface area contributed by atoms with Crippen LogP contribution in [0.1, 0.15) is 27.0 Å². The van der Waals surface area contributed by atoms with E-state index in [-0.39, 0.29) is 17.1 Å². The monoisotopic (exact) mass is 491 g/mol. The summed E-state index contributed by atoms with van der Waals surface area (Å²) in [6.45, 7) is 0. The van der Waals surface area contributed by atoms with Gasteiger partial charge in [0.25, 0.3) is 0 Å². The van der Waals surface area contributed by atoms with Gasteiger partial charge in [-0.3, -0.25) is 0 Å². The van der Waals surface area contributed by atoms with Gasteiger partial charge in [-0.15, -0.1) is 0 Å². The second-order valence-corrected chi connectivity index (χ2v) is 15.9. The Morgan fingerprint density at radius 3 is 2.57 bits per heavy atom. The Bertz CT molecular complexity index is 1130. The van der Waals surface area contributed by atoms with E-state index < -0.39 is 21.4 Å². The van der Waals surface area contributed by atoms with Crippen LogP contribution in [0.25, 0.3) is 9.41 Å². The van der Waals surface area contributed by atoms with Gasteiger partial charge in [-0.25, -0.2) is 0 Å². The van der Waals surface area contributed by atoms with E-state index in [4.69, 9.17) is 4.74 Å². The van der Waals surface area contributed by atoms with Crippen LogP contribution in [0.2, 0.25) is 0 Å². The number of carbonyl (C=O) groups excluding carboxylic acids is 3. The Morgan fingerprint density at radius 1 is 1.14 bits per heavy atom. The van der Waals surface area contributed by atoms with Gasteiger partial charge in [0.15, 0.2) is 0 Å². The average Bonchev–Trinajstić information content (AvgIpc) is 3.26. The van der Waals surface area contributed by atoms with Gasteiger partial charge in [0.05, 0.1) is 0 Å². The standard InChI is InChI=1S/C21H14NO4S.In/c1-26-20(24)16-11-9-14(10-12-16)5-4-8-15-6-2-3-7-17(15)13-18-19(23)22-21(25)27-18;/h2-3,7-12H,5H2,1H3,(H,22,23,25);. The number of hydrogen-bond donors (Lipinski definition) is 1. The number of ether oxygens (including phenoxy) is 1. The summed E-state index contributed by atoms with van der Waals surface area (Å²) in [6.07, 6.45) is 3.08. The minimum atomic E-state index is -2.59. The van der Waals surface area contributed by atoms with Crippen molar-refractivity contribution in [3.8, 4) is 0 Å². The Balaban J connectivity index is 1.51. The van der Waals surface area contributed by atoms with Gasteiger partial charge < -0.3 is 0 Å². The molecule has 1 N–H and O–H groups in total. The van der Waals surface area contributed by atoms with Crippen LogP contribution in [0.15, 0.2) is 50.7 Å². The van der Waals surface area contributed by atoms with Crippen molar-refractivity contribution in [1.82, 2.24) is 5.32 Å². The number of benzene rings is 2. The predicted molar refractivity (Wildman–Crippen MR) is 109 cm³/mol. The molecule has 3 aliphatic heterocycles. The van der Waals surface area contributed by atoms with Crippen LogP contribution in [0.3, 0.4) is 0 Å². The Morgan fingerprint density at radius 2 is 1.93 bits per heavy atom. The van der Waals surface area contributed by atoms with Crippen LogP contribution in [0, 0.1) is 0 Å². The number of allylic oxidation sites excluding steroid dienone is 1. The molecule has 5 rings (SSSR count). The predicted octanol–water partition coefficient (Wildman–Crippen LogP) is 2.60. The summed E-state index contributed by atoms with van der Waals surface area (Å²) in [5, 5.41) is 2.11. The van der Waals surface area contributed by atoms with Crippen LogP contribution < -0.4 is 8.64 Å². The molecule has 2 aromatic rings. The zero-order valence-corrected chi connectivity index (χ0v) is 19.1. The fraction of sp³-hybridized carbons (Fsp3) is 0.0952. The molecule has 0 radical (unpaired) electrons. The van der Waals surface area contributed by atoms with E-state index in [0.717, 1.165) is 32.6 Å². The van der Waals surface area contributed by atoms with Crippen molar-refractivity contribution in [1.29, 1.82) is 0 Å². The Labute approximate surface area is 173 Å². The number of hydrogen-bond acceptors (Lipinski definition) is 5. The molecule has 28 heavy (non-hydrogen) atoms. The van der Waals surface area contributed by atoms with E-state index in [9.17, 15) is 14.4 Å². The maximum atomic E-state index is 12.3. The zero-order chi connectivity index (χ0) is 19.4. The number of imide groups is 1. The second kappa shape index (κ2) is 6.67. The fourth-order valence-corrected chi connectivity index (χ4v) is 16.7. The normalized spacial score (nSPS) is 19.2. The van der Waals surface area contributed by atoms with Gasteiger partial charge in [0.2, 0.25) is 0 Å². The Hall–Kier alpha value is -2.25. The SMILES string of the molecule is COC(=O)c1ccc(C[C]2=Cc3c4ccc[c]3[In]2/[C]4=C2\SC(=O)NC2=O)cc1. The van der Waals surface area contributed by atoms with E-state index in [1.54, 1.807) is 12.1 Å². The molecule has 0 saturated carbocycles. The maximum absolute atomic E-state index is 12.3. The summed E-state index contributed by atoms with van der Waals surface area (Å²) in [5.74, 6) is -0.605. The molecule has 3 aliphatic rings. The minimum absolute atomic E-state index is 0.260. The van der Waals surface area contributed by atoms with Crippen molar-refractivity contribution in [2.75, 3.05) is 7.11 Å². The number of methoxy groups -OCH3 is 1. The third-order valence-corrected chi connectivity index (χ3v) is 16.6. The van der Waals surface area contributed by atoms with E-state index in [0.29, 0.717) is 10.5 Å². The first-order valence-electron chi connectivity index (χ1n) is 8.85. The van der Waals surface area contributed by atoms with Crippen molar-refractivity contribution in [2.24, 2.45) is 0 Å². The molecule has 7 heteroatoms. The second-order valence-electron chi connectivity index (χ2n) is 6.91. The molecule has 1 saturated heterocycles. The van der Waals surface area contributed by atoms with E-state index in [1.807, 2.05) is 18.2 Å². The number of rotatable bonds is 3. The van der Waals surface area contributed by atoms with Gasteiger partial charge in [-0.2, -0.15) is 0 Å². The van der Waals surface area contributed by atoms with Crippen molar-refractivity contribution in [2.45, 2.75) is 6.42 Å². The van der Waals surface area contributed by atoms with Gasteiger partial charge in [0.1, 0.15) is 0 Å². The first kappa shape index (κ1) is 17.8. The zero-order valence-electron chi connectivity index (χ0n) is 14.9. The number of esters is 1. The first-order chi connectivity index (χ1) is 13.6. The molecule has 0 spiro atoms. The third-order valence-electron chi connectivity index (χ3n) is 5.37. The number of nitrogens with one attached hydrogen (secondary N) is 1. The molecular weight excluding hydrogens is 477 g/mol. The molecule has 2 aromatic carbocycles. The summed E-state index contributed by atoms with van der Waals surface area (Å²) < 4.78 is 8.70. The molecule has 0 aliphatic carbocycles. The van der Waals surface area contributed by atoms with Crippen molar-refractivity contribution >= 4 is 63.0 Å². The van der Waals surface area contributed by atoms with Gasteiger partial charge in [-0.1, -0.05) is 0 Å². The topological polar surface area (TPSA) is 72.5 Å². The number of carbonyl (C=O) groups is 3. The quantitative estimate of drug-likeness (QED) is 0.528. The average molecular weight is 491 g/mol. The van der Waals surface area contributed by atoms with Crippen LogP contribution in [-0.2, 0) is 16.0 Å². The van der Waals surface area contributed by atoms with Gasteiger partial charge in [0, 0.05) is 0 Å². The van der Waals surface area contributed by atoms with Crippen molar-refractivity contribution in [3.63, 3.8) is 0 Å². The summed E-state index contributed by atoms with van der Waals surface area (Å²) in [6, 6.07) is 13.8. The molecule has 2 amide bonds. The summed E-state index contributed by atoms with van der Waals surface area (Å²) >= 11 is -1.56. The molecule has 0 aromatic heterocycles. The molecule has 5 nitrogen and oxygen atoms in total. The molecule has 136 valence electrons. The third kappa shape index (κ3) is 2.68. The summed E-state index contributed by atoms with van der Waals surface area (Å²) in [7, 11) is 1.37. The van der Waals surface area contributed by atoms with Gasteiger partial charge >= 0.3 is 174 Å². The van der Waals surface area contributed by atoms with Crippen LogP contribution in [-0.4, -0.2) is 45.7 Å². The molecule has 4 bridgehead atoms. The summed E-state index contributed by atoms with van der Waals surface area (Å²) in [5.41, 5.74) is 4.03. The first-order valence-corrected chi connectivity index (χ1v) is 14.6. The van der Waals surface area contributed by atoms with Crippen LogP contribution >= 0.6 is 11.8 Å². The van der Waals surface area contributed by atoms with Gasteiger partial charge in [-0.05, 0) is 0 Å². The molecule has 3 heterocycles. The molecular formula is C21H14InNO4S. The van der Waals surface area contributed by atoms with E-state index in [1.165, 1.54) is 19.3 Å². The number of amides is 2. The van der Waals surface area contributed by atoms with Crippen molar-refractivity contribution in [3.05, 3.63) is 73.0 Å². The van der Waals surface area contributed by atoms with E-state index in [2.05, 4.69) is 23.5 Å². The van der Waals surface area contributed by atoms with Crippen molar-refractivity contribution < 1.29 is 19.1 Å². The van der Waals surface area contributed by atoms with Crippen LogP contribution in [0.4, 0.5) is 4.79 Å². The fourth-order valence-electron chi connectivity index (χ4n) is 4.21. The van der Waals surface area contributed by atoms with Crippen LogP contribution in [0.5, 0.6) is 0 Å². The number of thioether (sulfide) groups is 1.